The van der Waals surface area contributed by atoms with E-state index in [2.05, 4.69) is 0 Å². The first-order valence-corrected chi connectivity index (χ1v) is 5.43. The van der Waals surface area contributed by atoms with Gasteiger partial charge in [0.1, 0.15) is 5.82 Å². The largest absolute Gasteiger partial charge is 0.391 e. The second kappa shape index (κ2) is 5.80. The van der Waals surface area contributed by atoms with Gasteiger partial charge in [-0.15, -0.1) is 12.4 Å². The van der Waals surface area contributed by atoms with Gasteiger partial charge in [-0.1, -0.05) is 32.9 Å². The van der Waals surface area contributed by atoms with Crippen LogP contribution in [0, 0.1) is 18.2 Å². The van der Waals surface area contributed by atoms with Gasteiger partial charge < -0.3 is 10.8 Å². The van der Waals surface area contributed by atoms with Crippen LogP contribution in [0.15, 0.2) is 18.2 Å². The van der Waals surface area contributed by atoms with Crippen molar-refractivity contribution in [1.29, 1.82) is 0 Å². The zero-order chi connectivity index (χ0) is 12.5. The molecule has 2 atom stereocenters. The van der Waals surface area contributed by atoms with E-state index in [1.807, 2.05) is 20.8 Å². The number of hydrogen-bond acceptors (Lipinski definition) is 2. The average Bonchev–Trinajstić information content (AvgIpc) is 2.18. The van der Waals surface area contributed by atoms with E-state index in [1.165, 1.54) is 6.07 Å². The summed E-state index contributed by atoms with van der Waals surface area (Å²) in [7, 11) is 0. The van der Waals surface area contributed by atoms with Gasteiger partial charge in [-0.3, -0.25) is 0 Å². The van der Waals surface area contributed by atoms with Gasteiger partial charge in [0.25, 0.3) is 0 Å². The molecule has 4 heteroatoms. The number of benzene rings is 1. The van der Waals surface area contributed by atoms with Gasteiger partial charge in [0.05, 0.1) is 12.1 Å². The predicted octanol–water partition coefficient (Wildman–Crippen LogP) is 2.96. The highest BCUT2D eigenvalue weighted by molar-refractivity contribution is 5.85. The Kier molecular flexibility index (Phi) is 5.59. The zero-order valence-corrected chi connectivity index (χ0v) is 11.5. The van der Waals surface area contributed by atoms with Crippen molar-refractivity contribution >= 4 is 12.4 Å². The van der Waals surface area contributed by atoms with E-state index < -0.39 is 12.1 Å². The molecule has 0 saturated carbocycles. The molecule has 2 nitrogen and oxygen atoms in total. The van der Waals surface area contributed by atoms with Crippen molar-refractivity contribution in [1.82, 2.24) is 0 Å². The van der Waals surface area contributed by atoms with Gasteiger partial charge in [0.15, 0.2) is 0 Å². The van der Waals surface area contributed by atoms with E-state index in [1.54, 1.807) is 19.1 Å². The second-order valence-corrected chi connectivity index (χ2v) is 5.35. The van der Waals surface area contributed by atoms with Gasteiger partial charge >= 0.3 is 0 Å². The topological polar surface area (TPSA) is 46.2 Å². The van der Waals surface area contributed by atoms with Crippen molar-refractivity contribution in [2.75, 3.05) is 0 Å². The van der Waals surface area contributed by atoms with Crippen LogP contribution >= 0.6 is 12.4 Å². The molecule has 0 bridgehead atoms. The van der Waals surface area contributed by atoms with Crippen LogP contribution in [0.25, 0.3) is 0 Å². The molecule has 0 aliphatic carbocycles. The van der Waals surface area contributed by atoms with E-state index in [4.69, 9.17) is 5.73 Å². The van der Waals surface area contributed by atoms with Crippen LogP contribution in [0.5, 0.6) is 0 Å². The second-order valence-electron chi connectivity index (χ2n) is 5.35. The van der Waals surface area contributed by atoms with Crippen LogP contribution < -0.4 is 5.73 Å². The molecule has 0 aliphatic rings. The fraction of sp³-hybridized carbons (Fsp3) is 0.538. The van der Waals surface area contributed by atoms with Gasteiger partial charge in [0.2, 0.25) is 0 Å². The molecule has 0 aliphatic heterocycles. The lowest BCUT2D eigenvalue weighted by molar-refractivity contribution is 0.0401. The van der Waals surface area contributed by atoms with Crippen LogP contribution in [0.2, 0.25) is 0 Å². The minimum Gasteiger partial charge on any atom is -0.391 e. The lowest BCUT2D eigenvalue weighted by Gasteiger charge is -2.31. The molecule has 0 amide bonds. The third-order valence-corrected chi connectivity index (χ3v) is 2.79. The van der Waals surface area contributed by atoms with Crippen LogP contribution in [0.4, 0.5) is 4.39 Å². The molecule has 1 aromatic carbocycles. The summed E-state index contributed by atoms with van der Waals surface area (Å²) in [5.41, 5.74) is 7.00. The zero-order valence-electron chi connectivity index (χ0n) is 10.7. The quantitative estimate of drug-likeness (QED) is 0.860. The molecule has 0 heterocycles. The summed E-state index contributed by atoms with van der Waals surface area (Å²) in [5, 5.41) is 10.0. The summed E-state index contributed by atoms with van der Waals surface area (Å²) in [5.74, 6) is -0.249. The number of rotatable bonds is 2. The molecule has 0 fully saturated rings. The number of halogens is 2. The van der Waals surface area contributed by atoms with E-state index >= 15 is 0 Å². The van der Waals surface area contributed by atoms with Crippen LogP contribution in [0.1, 0.15) is 37.9 Å². The fourth-order valence-electron chi connectivity index (χ4n) is 1.60. The minimum absolute atomic E-state index is 0. The van der Waals surface area contributed by atoms with Gasteiger partial charge in [-0.05, 0) is 29.5 Å². The first-order chi connectivity index (χ1) is 7.23. The van der Waals surface area contributed by atoms with E-state index in [-0.39, 0.29) is 23.6 Å². The van der Waals surface area contributed by atoms with Crippen LogP contribution in [-0.2, 0) is 0 Å². The number of aliphatic hydroxyl groups excluding tert-OH is 1. The lowest BCUT2D eigenvalue weighted by Crippen LogP contribution is -2.37. The lowest BCUT2D eigenvalue weighted by atomic mass is 9.82. The Balaban J connectivity index is 0.00000256. The van der Waals surface area contributed by atoms with Gasteiger partial charge in [-0.25, -0.2) is 4.39 Å². The van der Waals surface area contributed by atoms with Crippen molar-refractivity contribution in [3.63, 3.8) is 0 Å². The molecule has 98 valence electrons. The van der Waals surface area contributed by atoms with Crippen LogP contribution in [-0.4, -0.2) is 11.2 Å². The van der Waals surface area contributed by atoms with Crippen LogP contribution in [0.3, 0.4) is 0 Å². The molecular formula is C13H21ClFNO. The number of aryl methyl sites for hydroxylation is 1. The van der Waals surface area contributed by atoms with Crippen molar-refractivity contribution in [2.45, 2.75) is 39.8 Å². The summed E-state index contributed by atoms with van der Waals surface area (Å²) in [4.78, 5) is 0. The minimum atomic E-state index is -0.655. The Morgan fingerprint density at radius 3 is 2.24 bits per heavy atom. The Labute approximate surface area is 108 Å². The Hall–Kier alpha value is -0.640. The molecule has 0 aromatic heterocycles. The summed E-state index contributed by atoms with van der Waals surface area (Å²) in [6.45, 7) is 7.46. The van der Waals surface area contributed by atoms with Crippen molar-refractivity contribution in [3.05, 3.63) is 35.1 Å². The first kappa shape index (κ1) is 16.4. The number of hydrogen-bond donors (Lipinski definition) is 2. The third-order valence-electron chi connectivity index (χ3n) is 2.79. The molecule has 0 radical (unpaired) electrons. The summed E-state index contributed by atoms with van der Waals surface area (Å²) < 4.78 is 13.1. The normalized spacial score (nSPS) is 15.0. The Morgan fingerprint density at radius 1 is 1.29 bits per heavy atom. The number of aliphatic hydroxyl groups is 1. The molecule has 0 spiro atoms. The highest BCUT2D eigenvalue weighted by atomic mass is 35.5. The van der Waals surface area contributed by atoms with Gasteiger partial charge in [-0.2, -0.15) is 0 Å². The van der Waals surface area contributed by atoms with Crippen molar-refractivity contribution in [3.8, 4) is 0 Å². The maximum absolute atomic E-state index is 13.1. The van der Waals surface area contributed by atoms with E-state index in [9.17, 15) is 9.50 Å². The van der Waals surface area contributed by atoms with Crippen molar-refractivity contribution in [2.24, 2.45) is 11.1 Å². The fourth-order valence-corrected chi connectivity index (χ4v) is 1.60. The molecule has 17 heavy (non-hydrogen) atoms. The molecule has 0 saturated heterocycles. The molecular weight excluding hydrogens is 241 g/mol. The summed E-state index contributed by atoms with van der Waals surface area (Å²) in [6, 6.07) is 4.22. The van der Waals surface area contributed by atoms with E-state index in [0.717, 1.165) is 5.56 Å². The maximum Gasteiger partial charge on any atom is 0.126 e. The number of nitrogens with two attached hydrogens (primary N) is 1. The molecule has 1 rings (SSSR count). The first-order valence-electron chi connectivity index (χ1n) is 5.43. The monoisotopic (exact) mass is 261 g/mol. The highest BCUT2D eigenvalue weighted by Crippen LogP contribution is 2.29. The molecule has 0 unspecified atom stereocenters. The smallest absolute Gasteiger partial charge is 0.126 e. The van der Waals surface area contributed by atoms with Crippen molar-refractivity contribution < 1.29 is 9.50 Å². The summed E-state index contributed by atoms with van der Waals surface area (Å²) in [6.07, 6.45) is -0.655. The van der Waals surface area contributed by atoms with Gasteiger partial charge in [0, 0.05) is 0 Å². The SMILES string of the molecule is Cc1cc([C@@H](N)[C@@H](O)C(C)(C)C)ccc1F.Cl. The maximum atomic E-state index is 13.1. The highest BCUT2D eigenvalue weighted by Gasteiger charge is 2.29. The Bertz CT molecular complexity index is 376. The van der Waals surface area contributed by atoms with E-state index in [0.29, 0.717) is 5.56 Å². The third kappa shape index (κ3) is 3.95. The summed E-state index contributed by atoms with van der Waals surface area (Å²) >= 11 is 0. The molecule has 1 aromatic rings. The standard InChI is InChI=1S/C13H20FNO.ClH/c1-8-7-9(5-6-10(8)14)11(15)12(16)13(2,3)4;/h5-7,11-12,16H,15H2,1-4H3;1H/t11-,12-;/m1./s1. The predicted molar refractivity (Wildman–Crippen MR) is 70.8 cm³/mol. The average molecular weight is 262 g/mol. The molecule has 3 N–H and O–H groups in total. The Morgan fingerprint density at radius 2 is 1.82 bits per heavy atom.